The summed E-state index contributed by atoms with van der Waals surface area (Å²) in [6, 6.07) is 15.2. The van der Waals surface area contributed by atoms with E-state index in [1.807, 2.05) is 6.07 Å². The third kappa shape index (κ3) is 4.36. The van der Waals surface area contributed by atoms with Gasteiger partial charge in [-0.05, 0) is 41.8 Å². The summed E-state index contributed by atoms with van der Waals surface area (Å²) in [5, 5.41) is 13.4. The van der Waals surface area contributed by atoms with E-state index in [2.05, 4.69) is 10.0 Å². The van der Waals surface area contributed by atoms with Crippen LogP contribution in [0.5, 0.6) is 0 Å². The fourth-order valence-corrected chi connectivity index (χ4v) is 4.47. The number of carbonyl (C=O) groups is 1. The van der Waals surface area contributed by atoms with Crippen molar-refractivity contribution in [3.8, 4) is 6.07 Å². The molecule has 2 N–H and O–H groups in total. The van der Waals surface area contributed by atoms with Crippen LogP contribution >= 0.6 is 11.3 Å². The second-order valence-corrected chi connectivity index (χ2v) is 8.53. The van der Waals surface area contributed by atoms with Crippen molar-refractivity contribution in [2.75, 3.05) is 4.72 Å². The van der Waals surface area contributed by atoms with Crippen LogP contribution in [0.1, 0.15) is 22.0 Å². The first-order chi connectivity index (χ1) is 13.4. The van der Waals surface area contributed by atoms with Crippen molar-refractivity contribution >= 4 is 33.0 Å². The van der Waals surface area contributed by atoms with Crippen LogP contribution in [-0.4, -0.2) is 14.3 Å². The van der Waals surface area contributed by atoms with Crippen LogP contribution in [0.25, 0.3) is 0 Å². The lowest BCUT2D eigenvalue weighted by molar-refractivity contribution is 0.0944. The number of thiophene rings is 1. The fraction of sp³-hybridized carbons (Fsp3) is 0.0526. The Labute approximate surface area is 165 Å². The Hall–Kier alpha value is -3.22. The normalized spacial score (nSPS) is 12.0. The van der Waals surface area contributed by atoms with E-state index in [0.29, 0.717) is 0 Å². The minimum atomic E-state index is -3.68. The quantitative estimate of drug-likeness (QED) is 0.641. The summed E-state index contributed by atoms with van der Waals surface area (Å²) >= 11 is 1.09. The Kier molecular flexibility index (Phi) is 5.73. The molecule has 0 saturated heterocycles. The number of amides is 1. The first kappa shape index (κ1) is 19.5. The molecule has 0 radical (unpaired) electrons. The molecule has 3 aromatic rings. The third-order valence-corrected chi connectivity index (χ3v) is 6.56. The molecule has 142 valence electrons. The maximum atomic E-state index is 13.8. The number of hydrogen-bond donors (Lipinski definition) is 2. The SMILES string of the molecule is N#CC(NC(=O)c1ccc(NS(=O)(=O)c2cccs2)cc1)c1ccccc1F. The highest BCUT2D eigenvalue weighted by atomic mass is 32.2. The van der Waals surface area contributed by atoms with Crippen molar-refractivity contribution < 1.29 is 17.6 Å². The Morgan fingerprint density at radius 2 is 1.79 bits per heavy atom. The summed E-state index contributed by atoms with van der Waals surface area (Å²) in [5.41, 5.74) is 0.560. The van der Waals surface area contributed by atoms with Crippen LogP contribution in [0.2, 0.25) is 0 Å². The number of hydrogen-bond acceptors (Lipinski definition) is 5. The summed E-state index contributed by atoms with van der Waals surface area (Å²) in [5.74, 6) is -1.17. The van der Waals surface area contributed by atoms with E-state index in [4.69, 9.17) is 0 Å². The smallest absolute Gasteiger partial charge is 0.271 e. The van der Waals surface area contributed by atoms with Crippen molar-refractivity contribution in [3.05, 3.63) is 83.0 Å². The van der Waals surface area contributed by atoms with E-state index in [1.165, 1.54) is 48.5 Å². The highest BCUT2D eigenvalue weighted by Crippen LogP contribution is 2.21. The second kappa shape index (κ2) is 8.21. The number of carbonyl (C=O) groups excluding carboxylic acids is 1. The van der Waals surface area contributed by atoms with Gasteiger partial charge in [0.15, 0.2) is 0 Å². The molecule has 1 heterocycles. The molecular formula is C19H14FN3O3S2. The first-order valence-electron chi connectivity index (χ1n) is 8.02. The molecule has 3 rings (SSSR count). The van der Waals surface area contributed by atoms with Crippen LogP contribution in [0.4, 0.5) is 10.1 Å². The molecule has 0 saturated carbocycles. The lowest BCUT2D eigenvalue weighted by Crippen LogP contribution is -2.28. The fourth-order valence-electron chi connectivity index (χ4n) is 2.41. The Balaban J connectivity index is 1.72. The number of halogens is 1. The van der Waals surface area contributed by atoms with Crippen molar-refractivity contribution in [3.63, 3.8) is 0 Å². The predicted molar refractivity (Wildman–Crippen MR) is 104 cm³/mol. The van der Waals surface area contributed by atoms with Crippen molar-refractivity contribution in [1.29, 1.82) is 5.26 Å². The summed E-state index contributed by atoms with van der Waals surface area (Å²) < 4.78 is 40.8. The minimum absolute atomic E-state index is 0.0682. The van der Waals surface area contributed by atoms with Crippen LogP contribution in [0.3, 0.4) is 0 Å². The molecule has 1 unspecified atom stereocenters. The number of rotatable bonds is 6. The standard InChI is InChI=1S/C19H14FN3O3S2/c20-16-5-2-1-4-15(16)17(12-21)22-19(24)13-7-9-14(10-8-13)23-28(25,26)18-6-3-11-27-18/h1-11,17,23H,(H,22,24). The maximum absolute atomic E-state index is 13.8. The van der Waals surface area contributed by atoms with E-state index >= 15 is 0 Å². The van der Waals surface area contributed by atoms with Gasteiger partial charge in [-0.2, -0.15) is 5.26 Å². The van der Waals surface area contributed by atoms with Crippen LogP contribution in [-0.2, 0) is 10.0 Å². The molecule has 2 aromatic carbocycles. The molecule has 1 aromatic heterocycles. The molecule has 0 fully saturated rings. The van der Waals surface area contributed by atoms with Gasteiger partial charge in [-0.15, -0.1) is 11.3 Å². The summed E-state index contributed by atoms with van der Waals surface area (Å²) in [4.78, 5) is 12.4. The zero-order valence-electron chi connectivity index (χ0n) is 14.3. The lowest BCUT2D eigenvalue weighted by Gasteiger charge is -2.13. The second-order valence-electron chi connectivity index (χ2n) is 5.67. The van der Waals surface area contributed by atoms with Crippen molar-refractivity contribution in [1.82, 2.24) is 5.32 Å². The van der Waals surface area contributed by atoms with Gasteiger partial charge < -0.3 is 5.32 Å². The van der Waals surface area contributed by atoms with E-state index in [1.54, 1.807) is 17.5 Å². The minimum Gasteiger partial charge on any atom is -0.332 e. The maximum Gasteiger partial charge on any atom is 0.271 e. The van der Waals surface area contributed by atoms with E-state index < -0.39 is 27.8 Å². The highest BCUT2D eigenvalue weighted by molar-refractivity contribution is 7.94. The molecule has 0 aliphatic carbocycles. The number of sulfonamides is 1. The van der Waals surface area contributed by atoms with E-state index in [-0.39, 0.29) is 21.0 Å². The number of anilines is 1. The van der Waals surface area contributed by atoms with Crippen molar-refractivity contribution in [2.45, 2.75) is 10.3 Å². The van der Waals surface area contributed by atoms with Gasteiger partial charge in [0.05, 0.1) is 6.07 Å². The zero-order chi connectivity index (χ0) is 20.1. The molecule has 0 aliphatic rings. The van der Waals surface area contributed by atoms with E-state index in [0.717, 1.165) is 11.3 Å². The molecular weight excluding hydrogens is 401 g/mol. The number of nitriles is 1. The van der Waals surface area contributed by atoms with Gasteiger partial charge in [-0.25, -0.2) is 12.8 Å². The van der Waals surface area contributed by atoms with Gasteiger partial charge in [0.25, 0.3) is 15.9 Å². The van der Waals surface area contributed by atoms with Gasteiger partial charge in [0, 0.05) is 16.8 Å². The van der Waals surface area contributed by atoms with Crippen LogP contribution in [0, 0.1) is 17.1 Å². The van der Waals surface area contributed by atoms with Gasteiger partial charge in [0.2, 0.25) is 0 Å². The topological polar surface area (TPSA) is 99.1 Å². The Morgan fingerprint density at radius 3 is 2.39 bits per heavy atom. The van der Waals surface area contributed by atoms with Crippen LogP contribution in [0.15, 0.2) is 70.3 Å². The summed E-state index contributed by atoms with van der Waals surface area (Å²) in [7, 11) is -3.68. The molecule has 6 nitrogen and oxygen atoms in total. The van der Waals surface area contributed by atoms with Gasteiger partial charge >= 0.3 is 0 Å². The number of nitrogens with zero attached hydrogens (tertiary/aromatic N) is 1. The van der Waals surface area contributed by atoms with Crippen molar-refractivity contribution in [2.24, 2.45) is 0 Å². The molecule has 28 heavy (non-hydrogen) atoms. The van der Waals surface area contributed by atoms with Gasteiger partial charge in [-0.3, -0.25) is 9.52 Å². The average Bonchev–Trinajstić information content (AvgIpc) is 3.23. The van der Waals surface area contributed by atoms with E-state index in [9.17, 15) is 22.9 Å². The largest absolute Gasteiger partial charge is 0.332 e. The Bertz CT molecular complexity index is 1120. The molecule has 9 heteroatoms. The molecule has 0 spiro atoms. The highest BCUT2D eigenvalue weighted by Gasteiger charge is 2.19. The third-order valence-electron chi connectivity index (χ3n) is 3.78. The number of benzene rings is 2. The Morgan fingerprint density at radius 1 is 1.07 bits per heavy atom. The molecule has 0 bridgehead atoms. The average molecular weight is 415 g/mol. The number of nitrogens with one attached hydrogen (secondary N) is 2. The van der Waals surface area contributed by atoms with Gasteiger partial charge in [0.1, 0.15) is 16.1 Å². The molecule has 0 aliphatic heterocycles. The summed E-state index contributed by atoms with van der Waals surface area (Å²) in [6.07, 6.45) is 0. The van der Waals surface area contributed by atoms with Gasteiger partial charge in [-0.1, -0.05) is 24.3 Å². The molecule has 1 amide bonds. The first-order valence-corrected chi connectivity index (χ1v) is 10.4. The zero-order valence-corrected chi connectivity index (χ0v) is 15.9. The summed E-state index contributed by atoms with van der Waals surface area (Å²) in [6.45, 7) is 0. The monoisotopic (exact) mass is 415 g/mol. The lowest BCUT2D eigenvalue weighted by atomic mass is 10.1. The van der Waals surface area contributed by atoms with Crippen LogP contribution < -0.4 is 10.0 Å². The molecule has 1 atom stereocenters. The predicted octanol–water partition coefficient (Wildman–Crippen LogP) is 3.68.